The highest BCUT2D eigenvalue weighted by atomic mass is 16.5. The zero-order valence-corrected chi connectivity index (χ0v) is 11.0. The highest BCUT2D eigenvalue weighted by molar-refractivity contribution is 5.92. The molecule has 0 aliphatic carbocycles. The van der Waals surface area contributed by atoms with E-state index in [0.717, 1.165) is 13.1 Å². The van der Waals surface area contributed by atoms with Crippen LogP contribution in [0.25, 0.3) is 0 Å². The van der Waals surface area contributed by atoms with Crippen molar-refractivity contribution < 1.29 is 9.53 Å². The van der Waals surface area contributed by atoms with Crippen LogP contribution < -0.4 is 17.0 Å². The van der Waals surface area contributed by atoms with Crippen LogP contribution in [0.4, 0.5) is 5.69 Å². The Bertz CT molecular complexity index is 544. The van der Waals surface area contributed by atoms with Gasteiger partial charge in [-0.15, -0.1) is 0 Å². The van der Waals surface area contributed by atoms with Crippen molar-refractivity contribution >= 4 is 11.7 Å². The molecule has 0 saturated heterocycles. The minimum Gasteiger partial charge on any atom is -0.460 e. The van der Waals surface area contributed by atoms with Crippen LogP contribution in [-0.4, -0.2) is 47.1 Å². The van der Waals surface area contributed by atoms with Crippen LogP contribution in [-0.2, 0) is 4.74 Å². The molecule has 0 spiro atoms. The number of hydrogen-bond acceptors (Lipinski definition) is 6. The van der Waals surface area contributed by atoms with Crippen LogP contribution in [0.15, 0.2) is 9.59 Å². The lowest BCUT2D eigenvalue weighted by molar-refractivity contribution is 0.0460. The first-order valence-corrected chi connectivity index (χ1v) is 6.01. The molecule has 0 radical (unpaired) electrons. The van der Waals surface area contributed by atoms with Crippen LogP contribution in [0.1, 0.15) is 24.3 Å². The summed E-state index contributed by atoms with van der Waals surface area (Å²) < 4.78 is 4.97. The van der Waals surface area contributed by atoms with E-state index < -0.39 is 17.2 Å². The molecular formula is C11H18N4O4. The molecule has 0 bridgehead atoms. The molecule has 0 unspecified atom stereocenters. The van der Waals surface area contributed by atoms with E-state index in [4.69, 9.17) is 10.5 Å². The second kappa shape index (κ2) is 6.74. The Morgan fingerprint density at radius 1 is 1.26 bits per heavy atom. The number of nitrogens with one attached hydrogen (secondary N) is 2. The predicted octanol–water partition coefficient (Wildman–Crippen LogP) is -0.856. The SMILES string of the molecule is CCN(CC)CCOC(=O)c1[nH]c(=O)[nH]c(=O)c1N. The zero-order chi connectivity index (χ0) is 14.4. The summed E-state index contributed by atoms with van der Waals surface area (Å²) in [6.07, 6.45) is 0. The van der Waals surface area contributed by atoms with Crippen molar-refractivity contribution in [2.75, 3.05) is 32.0 Å². The summed E-state index contributed by atoms with van der Waals surface area (Å²) in [4.78, 5) is 40.1. The van der Waals surface area contributed by atoms with E-state index >= 15 is 0 Å². The number of hydrogen-bond donors (Lipinski definition) is 3. The molecule has 1 aromatic heterocycles. The molecule has 106 valence electrons. The van der Waals surface area contributed by atoms with Crippen molar-refractivity contribution in [2.45, 2.75) is 13.8 Å². The average molecular weight is 270 g/mol. The zero-order valence-electron chi connectivity index (χ0n) is 11.0. The van der Waals surface area contributed by atoms with Gasteiger partial charge in [-0.25, -0.2) is 9.59 Å². The van der Waals surface area contributed by atoms with E-state index in [1.807, 2.05) is 18.8 Å². The fraction of sp³-hybridized carbons (Fsp3) is 0.545. The topological polar surface area (TPSA) is 121 Å². The maximum Gasteiger partial charge on any atom is 0.357 e. The molecule has 19 heavy (non-hydrogen) atoms. The van der Waals surface area contributed by atoms with Gasteiger partial charge >= 0.3 is 11.7 Å². The maximum atomic E-state index is 11.7. The lowest BCUT2D eigenvalue weighted by atomic mass is 10.3. The minimum absolute atomic E-state index is 0.161. The number of nitrogens with zero attached hydrogens (tertiary/aromatic N) is 1. The number of nitrogen functional groups attached to an aromatic ring is 1. The Morgan fingerprint density at radius 3 is 2.47 bits per heavy atom. The smallest absolute Gasteiger partial charge is 0.357 e. The third-order valence-corrected chi connectivity index (χ3v) is 2.72. The van der Waals surface area contributed by atoms with Gasteiger partial charge in [-0.05, 0) is 13.1 Å². The standard InChI is InChI=1S/C11H18N4O4/c1-3-15(4-2)5-6-19-10(17)8-7(12)9(16)14-11(18)13-8/h3-6,12H2,1-2H3,(H2,13,14,16,18). The summed E-state index contributed by atoms with van der Waals surface area (Å²) in [5.74, 6) is -0.812. The number of esters is 1. The molecule has 1 aromatic rings. The highest BCUT2D eigenvalue weighted by Gasteiger charge is 2.15. The number of ether oxygens (including phenoxy) is 1. The Kier molecular flexibility index (Phi) is 5.31. The number of H-pyrrole nitrogens is 2. The quantitative estimate of drug-likeness (QED) is 0.578. The Hall–Kier alpha value is -2.09. The summed E-state index contributed by atoms with van der Waals surface area (Å²) in [6, 6.07) is 0. The molecule has 4 N–H and O–H groups in total. The highest BCUT2D eigenvalue weighted by Crippen LogP contribution is 2.01. The van der Waals surface area contributed by atoms with Crippen molar-refractivity contribution in [3.05, 3.63) is 26.5 Å². The van der Waals surface area contributed by atoms with Gasteiger partial charge in [-0.1, -0.05) is 13.8 Å². The van der Waals surface area contributed by atoms with E-state index in [9.17, 15) is 14.4 Å². The second-order valence-corrected chi connectivity index (χ2v) is 3.86. The van der Waals surface area contributed by atoms with Gasteiger partial charge in [-0.3, -0.25) is 14.8 Å². The predicted molar refractivity (Wildman–Crippen MR) is 70.2 cm³/mol. The molecule has 0 amide bonds. The summed E-state index contributed by atoms with van der Waals surface area (Å²) in [7, 11) is 0. The van der Waals surface area contributed by atoms with E-state index in [-0.39, 0.29) is 18.0 Å². The lowest BCUT2D eigenvalue weighted by Crippen LogP contribution is -2.31. The van der Waals surface area contributed by atoms with E-state index in [1.165, 1.54) is 0 Å². The number of rotatable bonds is 6. The molecule has 0 atom stereocenters. The fourth-order valence-corrected chi connectivity index (χ4v) is 1.54. The molecule has 0 aromatic carbocycles. The number of carbonyl (C=O) groups excluding carboxylic acids is 1. The van der Waals surface area contributed by atoms with Crippen molar-refractivity contribution in [3.63, 3.8) is 0 Å². The maximum absolute atomic E-state index is 11.7. The number of nitrogens with two attached hydrogens (primary N) is 1. The summed E-state index contributed by atoms with van der Waals surface area (Å²) in [6.45, 7) is 6.42. The summed E-state index contributed by atoms with van der Waals surface area (Å²) >= 11 is 0. The van der Waals surface area contributed by atoms with Gasteiger partial charge in [0.2, 0.25) is 0 Å². The largest absolute Gasteiger partial charge is 0.460 e. The van der Waals surface area contributed by atoms with Gasteiger partial charge < -0.3 is 15.4 Å². The first-order valence-electron chi connectivity index (χ1n) is 6.01. The number of carbonyl (C=O) groups is 1. The molecule has 0 aliphatic heterocycles. The number of likely N-dealkylation sites (N-methyl/N-ethyl adjacent to an activating group) is 1. The molecule has 1 heterocycles. The van der Waals surface area contributed by atoms with Crippen molar-refractivity contribution in [1.82, 2.24) is 14.9 Å². The minimum atomic E-state index is -0.812. The van der Waals surface area contributed by atoms with E-state index in [1.54, 1.807) is 0 Å². The first kappa shape index (κ1) is 15.0. The molecule has 8 heteroatoms. The Balaban J connectivity index is 2.69. The monoisotopic (exact) mass is 270 g/mol. The number of aromatic amines is 2. The normalized spacial score (nSPS) is 10.7. The molecule has 0 aliphatic rings. The average Bonchev–Trinajstić information content (AvgIpc) is 2.38. The third-order valence-electron chi connectivity index (χ3n) is 2.72. The van der Waals surface area contributed by atoms with Crippen molar-refractivity contribution in [3.8, 4) is 0 Å². The Morgan fingerprint density at radius 2 is 1.89 bits per heavy atom. The Labute approximate surface area is 109 Å². The molecule has 0 saturated carbocycles. The van der Waals surface area contributed by atoms with Gasteiger partial charge in [0.05, 0.1) is 0 Å². The fourth-order valence-electron chi connectivity index (χ4n) is 1.54. The second-order valence-electron chi connectivity index (χ2n) is 3.86. The summed E-state index contributed by atoms with van der Waals surface area (Å²) in [5.41, 5.74) is 3.14. The van der Waals surface area contributed by atoms with Crippen LogP contribution >= 0.6 is 0 Å². The van der Waals surface area contributed by atoms with Gasteiger partial charge in [-0.2, -0.15) is 0 Å². The van der Waals surface area contributed by atoms with Crippen LogP contribution in [0, 0.1) is 0 Å². The molecule has 0 fully saturated rings. The van der Waals surface area contributed by atoms with Crippen LogP contribution in [0.5, 0.6) is 0 Å². The molecule has 8 nitrogen and oxygen atoms in total. The van der Waals surface area contributed by atoms with Gasteiger partial charge in [0.1, 0.15) is 12.3 Å². The van der Waals surface area contributed by atoms with E-state index in [0.29, 0.717) is 6.54 Å². The van der Waals surface area contributed by atoms with Crippen LogP contribution in [0.3, 0.4) is 0 Å². The van der Waals surface area contributed by atoms with Crippen molar-refractivity contribution in [2.24, 2.45) is 0 Å². The van der Waals surface area contributed by atoms with Gasteiger partial charge in [0, 0.05) is 6.54 Å². The third kappa shape index (κ3) is 3.95. The van der Waals surface area contributed by atoms with Crippen molar-refractivity contribution in [1.29, 1.82) is 0 Å². The first-order chi connectivity index (χ1) is 8.99. The van der Waals surface area contributed by atoms with Gasteiger partial charge in [0.15, 0.2) is 5.69 Å². The summed E-state index contributed by atoms with van der Waals surface area (Å²) in [5, 5.41) is 0. The lowest BCUT2D eigenvalue weighted by Gasteiger charge is -2.17. The molecular weight excluding hydrogens is 252 g/mol. The van der Waals surface area contributed by atoms with Gasteiger partial charge in [0.25, 0.3) is 5.56 Å². The number of aromatic nitrogens is 2. The van der Waals surface area contributed by atoms with Crippen LogP contribution in [0.2, 0.25) is 0 Å². The number of anilines is 1. The van der Waals surface area contributed by atoms with E-state index in [2.05, 4.69) is 9.88 Å². The molecule has 1 rings (SSSR count).